The third-order valence-electron chi connectivity index (χ3n) is 3.06. The maximum atomic E-state index is 13.1. The molecule has 1 N–H and O–H groups in total. The predicted octanol–water partition coefficient (Wildman–Crippen LogP) is 3.74. The second-order valence-corrected chi connectivity index (χ2v) is 4.56. The van der Waals surface area contributed by atoms with Crippen molar-refractivity contribution in [1.82, 2.24) is 0 Å². The zero-order valence-electron chi connectivity index (χ0n) is 11.0. The van der Waals surface area contributed by atoms with Crippen molar-refractivity contribution in [3.8, 4) is 0 Å². The SMILES string of the molecule is Cc1cc(C(=O)CNc2ccccc2C)ccc1F. The fourth-order valence-electron chi connectivity index (χ4n) is 1.87. The fraction of sp³-hybridized carbons (Fsp3) is 0.188. The number of para-hydroxylation sites is 1. The molecule has 0 saturated carbocycles. The third-order valence-corrected chi connectivity index (χ3v) is 3.06. The average Bonchev–Trinajstić information content (AvgIpc) is 2.40. The van der Waals surface area contributed by atoms with Crippen molar-refractivity contribution in [3.63, 3.8) is 0 Å². The molecular weight excluding hydrogens is 241 g/mol. The van der Waals surface area contributed by atoms with Gasteiger partial charge in [-0.15, -0.1) is 0 Å². The van der Waals surface area contributed by atoms with Crippen molar-refractivity contribution in [1.29, 1.82) is 0 Å². The number of ketones is 1. The number of carbonyl (C=O) groups excluding carboxylic acids is 1. The van der Waals surface area contributed by atoms with Gasteiger partial charge in [-0.05, 0) is 49.2 Å². The van der Waals surface area contributed by atoms with Gasteiger partial charge in [-0.25, -0.2) is 4.39 Å². The van der Waals surface area contributed by atoms with Crippen molar-refractivity contribution >= 4 is 11.5 Å². The van der Waals surface area contributed by atoms with Crippen LogP contribution in [-0.4, -0.2) is 12.3 Å². The molecule has 0 amide bonds. The summed E-state index contributed by atoms with van der Waals surface area (Å²) in [5.74, 6) is -0.338. The number of Topliss-reactive ketones (excluding diaryl/α,β-unsaturated/α-hetero) is 1. The molecule has 0 aromatic heterocycles. The Morgan fingerprint density at radius 2 is 1.84 bits per heavy atom. The van der Waals surface area contributed by atoms with E-state index in [0.717, 1.165) is 11.3 Å². The van der Waals surface area contributed by atoms with Gasteiger partial charge < -0.3 is 5.32 Å². The monoisotopic (exact) mass is 257 g/mol. The van der Waals surface area contributed by atoms with E-state index in [0.29, 0.717) is 11.1 Å². The summed E-state index contributed by atoms with van der Waals surface area (Å²) in [4.78, 5) is 12.0. The van der Waals surface area contributed by atoms with E-state index in [1.165, 1.54) is 12.1 Å². The standard InChI is InChI=1S/C16H16FNO/c1-11-5-3-4-6-15(11)18-10-16(19)13-7-8-14(17)12(2)9-13/h3-9,18H,10H2,1-2H3. The summed E-state index contributed by atoms with van der Waals surface area (Å²) in [7, 11) is 0. The quantitative estimate of drug-likeness (QED) is 0.845. The van der Waals surface area contributed by atoms with Crippen molar-refractivity contribution in [2.75, 3.05) is 11.9 Å². The maximum absolute atomic E-state index is 13.1. The van der Waals surface area contributed by atoms with E-state index in [9.17, 15) is 9.18 Å². The van der Waals surface area contributed by atoms with Crippen molar-refractivity contribution in [2.45, 2.75) is 13.8 Å². The van der Waals surface area contributed by atoms with E-state index in [1.807, 2.05) is 31.2 Å². The molecule has 0 heterocycles. The number of benzene rings is 2. The summed E-state index contributed by atoms with van der Waals surface area (Å²) in [6.07, 6.45) is 0. The van der Waals surface area contributed by atoms with Gasteiger partial charge in [0.1, 0.15) is 5.82 Å². The Balaban J connectivity index is 2.05. The van der Waals surface area contributed by atoms with Crippen LogP contribution in [0.15, 0.2) is 42.5 Å². The topological polar surface area (TPSA) is 29.1 Å². The minimum atomic E-state index is -0.289. The molecular formula is C16H16FNO. The summed E-state index contributed by atoms with van der Waals surface area (Å²) >= 11 is 0. The normalized spacial score (nSPS) is 10.3. The highest BCUT2D eigenvalue weighted by molar-refractivity contribution is 5.99. The Hall–Kier alpha value is -2.16. The fourth-order valence-corrected chi connectivity index (χ4v) is 1.87. The molecule has 0 saturated heterocycles. The molecule has 2 aromatic rings. The summed E-state index contributed by atoms with van der Waals surface area (Å²) in [5, 5.41) is 3.10. The van der Waals surface area contributed by atoms with Gasteiger partial charge in [0.05, 0.1) is 6.54 Å². The second kappa shape index (κ2) is 5.65. The molecule has 0 fully saturated rings. The van der Waals surface area contributed by atoms with E-state index in [4.69, 9.17) is 0 Å². The number of rotatable bonds is 4. The van der Waals surface area contributed by atoms with Crippen LogP contribution in [0.3, 0.4) is 0 Å². The van der Waals surface area contributed by atoms with Gasteiger partial charge in [-0.3, -0.25) is 4.79 Å². The van der Waals surface area contributed by atoms with E-state index in [2.05, 4.69) is 5.32 Å². The highest BCUT2D eigenvalue weighted by Gasteiger charge is 2.08. The first-order chi connectivity index (χ1) is 9.08. The second-order valence-electron chi connectivity index (χ2n) is 4.56. The van der Waals surface area contributed by atoms with Gasteiger partial charge in [0, 0.05) is 11.3 Å². The highest BCUT2D eigenvalue weighted by atomic mass is 19.1. The zero-order valence-corrected chi connectivity index (χ0v) is 11.0. The van der Waals surface area contributed by atoms with Crippen LogP contribution < -0.4 is 5.32 Å². The van der Waals surface area contributed by atoms with E-state index in [-0.39, 0.29) is 18.1 Å². The molecule has 98 valence electrons. The van der Waals surface area contributed by atoms with Crippen LogP contribution in [0.4, 0.5) is 10.1 Å². The Morgan fingerprint density at radius 1 is 1.11 bits per heavy atom. The molecule has 0 radical (unpaired) electrons. The number of hydrogen-bond donors (Lipinski definition) is 1. The largest absolute Gasteiger partial charge is 0.377 e. The van der Waals surface area contributed by atoms with Gasteiger partial charge in [0.2, 0.25) is 0 Å². The van der Waals surface area contributed by atoms with E-state index in [1.54, 1.807) is 13.0 Å². The molecule has 0 unspecified atom stereocenters. The highest BCUT2D eigenvalue weighted by Crippen LogP contribution is 2.14. The first-order valence-electron chi connectivity index (χ1n) is 6.17. The van der Waals surface area contributed by atoms with Gasteiger partial charge >= 0.3 is 0 Å². The summed E-state index contributed by atoms with van der Waals surface area (Å²) in [6, 6.07) is 12.2. The molecule has 0 aliphatic carbocycles. The molecule has 0 spiro atoms. The molecule has 0 aliphatic rings. The minimum Gasteiger partial charge on any atom is -0.377 e. The predicted molar refractivity (Wildman–Crippen MR) is 75.1 cm³/mol. The molecule has 0 aliphatic heterocycles. The summed E-state index contributed by atoms with van der Waals surface area (Å²) in [6.45, 7) is 3.84. The Labute approximate surface area is 112 Å². The first kappa shape index (κ1) is 13.3. The molecule has 3 heteroatoms. The van der Waals surface area contributed by atoms with Crippen LogP contribution in [0.2, 0.25) is 0 Å². The van der Waals surface area contributed by atoms with Gasteiger partial charge in [0.15, 0.2) is 5.78 Å². The summed E-state index contributed by atoms with van der Waals surface area (Å²) in [5.41, 5.74) is 3.04. The maximum Gasteiger partial charge on any atom is 0.181 e. The van der Waals surface area contributed by atoms with Gasteiger partial charge in [-0.1, -0.05) is 18.2 Å². The molecule has 19 heavy (non-hydrogen) atoms. The average molecular weight is 257 g/mol. The zero-order chi connectivity index (χ0) is 13.8. The van der Waals surface area contributed by atoms with Crippen LogP contribution in [-0.2, 0) is 0 Å². The molecule has 2 nitrogen and oxygen atoms in total. The van der Waals surface area contributed by atoms with E-state index >= 15 is 0 Å². The lowest BCUT2D eigenvalue weighted by Gasteiger charge is -2.09. The number of carbonyl (C=O) groups is 1. The molecule has 0 bridgehead atoms. The van der Waals surface area contributed by atoms with Gasteiger partial charge in [0.25, 0.3) is 0 Å². The van der Waals surface area contributed by atoms with Crippen molar-refractivity contribution in [2.24, 2.45) is 0 Å². The number of nitrogens with one attached hydrogen (secondary N) is 1. The first-order valence-corrected chi connectivity index (χ1v) is 6.17. The van der Waals surface area contributed by atoms with Crippen LogP contribution >= 0.6 is 0 Å². The molecule has 2 aromatic carbocycles. The Morgan fingerprint density at radius 3 is 2.53 bits per heavy atom. The number of halogens is 1. The summed E-state index contributed by atoms with van der Waals surface area (Å²) < 4.78 is 13.1. The lowest BCUT2D eigenvalue weighted by atomic mass is 10.1. The lowest BCUT2D eigenvalue weighted by molar-refractivity contribution is 0.101. The van der Waals surface area contributed by atoms with Crippen molar-refractivity contribution in [3.05, 3.63) is 65.0 Å². The van der Waals surface area contributed by atoms with Crippen LogP contribution in [0.25, 0.3) is 0 Å². The molecule has 2 rings (SSSR count). The number of hydrogen-bond acceptors (Lipinski definition) is 2. The van der Waals surface area contributed by atoms with Gasteiger partial charge in [-0.2, -0.15) is 0 Å². The smallest absolute Gasteiger partial charge is 0.181 e. The number of aryl methyl sites for hydroxylation is 2. The Kier molecular flexibility index (Phi) is 3.95. The van der Waals surface area contributed by atoms with Crippen LogP contribution in [0.1, 0.15) is 21.5 Å². The van der Waals surface area contributed by atoms with E-state index < -0.39 is 0 Å². The Bertz CT molecular complexity index is 607. The van der Waals surface area contributed by atoms with Crippen LogP contribution in [0, 0.1) is 19.7 Å². The van der Waals surface area contributed by atoms with Crippen LogP contribution in [0.5, 0.6) is 0 Å². The number of anilines is 1. The minimum absolute atomic E-state index is 0.0497. The molecule has 0 atom stereocenters. The van der Waals surface area contributed by atoms with Crippen molar-refractivity contribution < 1.29 is 9.18 Å². The lowest BCUT2D eigenvalue weighted by Crippen LogP contribution is -2.14. The third kappa shape index (κ3) is 3.19.